The average molecular weight is 503 g/mol. The zero-order valence-corrected chi connectivity index (χ0v) is 19.9. The van der Waals surface area contributed by atoms with Crippen molar-refractivity contribution in [3.8, 4) is 11.6 Å². The van der Waals surface area contributed by atoms with E-state index in [2.05, 4.69) is 15.6 Å². The molecule has 0 aliphatic carbocycles. The molecule has 3 aromatic rings. The minimum Gasteiger partial charge on any atom is -0.437 e. The second-order valence-electron chi connectivity index (χ2n) is 8.80. The fraction of sp³-hybridized carbons (Fsp3) is 0.308. The predicted molar refractivity (Wildman–Crippen MR) is 127 cm³/mol. The summed E-state index contributed by atoms with van der Waals surface area (Å²) in [7, 11) is 0. The van der Waals surface area contributed by atoms with Gasteiger partial charge in [-0.25, -0.2) is 14.2 Å². The van der Waals surface area contributed by atoms with Crippen molar-refractivity contribution in [3.63, 3.8) is 0 Å². The fourth-order valence-corrected chi connectivity index (χ4v) is 3.86. The van der Waals surface area contributed by atoms with Gasteiger partial charge >= 0.3 is 12.2 Å². The highest BCUT2D eigenvalue weighted by Crippen LogP contribution is 2.53. The fourth-order valence-electron chi connectivity index (χ4n) is 3.86. The first-order valence-corrected chi connectivity index (χ1v) is 11.3. The van der Waals surface area contributed by atoms with Gasteiger partial charge in [-0.1, -0.05) is 38.1 Å². The first-order valence-electron chi connectivity index (χ1n) is 11.3. The number of carbonyl (C=O) groups excluding carboxylic acids is 1. The van der Waals surface area contributed by atoms with Crippen LogP contribution in [0, 0.1) is 12.7 Å². The van der Waals surface area contributed by atoms with Crippen LogP contribution < -0.4 is 15.4 Å². The van der Waals surface area contributed by atoms with Crippen molar-refractivity contribution in [1.29, 1.82) is 0 Å². The number of pyridine rings is 1. The molecule has 0 radical (unpaired) electrons. The number of hydrogen-bond acceptors (Lipinski definition) is 4. The van der Waals surface area contributed by atoms with E-state index in [9.17, 15) is 22.4 Å². The molecule has 2 N–H and O–H groups in total. The van der Waals surface area contributed by atoms with Crippen LogP contribution >= 0.6 is 0 Å². The van der Waals surface area contributed by atoms with Crippen molar-refractivity contribution < 1.29 is 31.8 Å². The largest absolute Gasteiger partial charge is 0.437 e. The van der Waals surface area contributed by atoms with Gasteiger partial charge in [-0.2, -0.15) is 13.2 Å². The van der Waals surface area contributed by atoms with E-state index in [4.69, 9.17) is 9.47 Å². The second kappa shape index (κ2) is 9.77. The van der Waals surface area contributed by atoms with Crippen molar-refractivity contribution in [2.24, 2.45) is 0 Å². The molecule has 1 aliphatic rings. The molecule has 0 unspecified atom stereocenters. The maximum Gasteiger partial charge on any atom is 0.421 e. The Morgan fingerprint density at radius 2 is 1.75 bits per heavy atom. The number of anilines is 2. The molecule has 2 aromatic carbocycles. The number of rotatable bonds is 6. The normalized spacial score (nSPS) is 17.4. The molecule has 1 aliphatic heterocycles. The summed E-state index contributed by atoms with van der Waals surface area (Å²) in [5.74, 6) is -0.705. The highest BCUT2D eigenvalue weighted by Gasteiger charge is 2.62. The van der Waals surface area contributed by atoms with Crippen LogP contribution in [0.1, 0.15) is 43.0 Å². The van der Waals surface area contributed by atoms with E-state index >= 15 is 0 Å². The van der Waals surface area contributed by atoms with Crippen LogP contribution in [0.5, 0.6) is 11.6 Å². The zero-order valence-electron chi connectivity index (χ0n) is 19.9. The summed E-state index contributed by atoms with van der Waals surface area (Å²) in [6.07, 6.45) is -4.90. The molecule has 190 valence electrons. The van der Waals surface area contributed by atoms with E-state index in [1.54, 1.807) is 19.1 Å². The Morgan fingerprint density at radius 1 is 1.08 bits per heavy atom. The van der Waals surface area contributed by atoms with Crippen LogP contribution in [-0.2, 0) is 10.3 Å². The molecule has 6 nitrogen and oxygen atoms in total. The standard InChI is InChI=1S/C26H25F4N3O3/c1-15(2)17-9-11-20(19(27)14-17)32-24(34)33-21-10-8-16(3)31-23(21)36-22-7-5-4-6-18(22)25(12-13-35-25)26(28,29)30/h4-11,14-15H,12-13H2,1-3H3,(H2,32,33,34)/t25-/m1/s1. The third kappa shape index (κ3) is 4.99. The minimum atomic E-state index is -4.65. The number of urea groups is 1. The summed E-state index contributed by atoms with van der Waals surface area (Å²) < 4.78 is 66.9. The number of benzene rings is 2. The molecule has 0 spiro atoms. The van der Waals surface area contributed by atoms with Gasteiger partial charge in [0, 0.05) is 17.7 Å². The summed E-state index contributed by atoms with van der Waals surface area (Å²) in [6, 6.07) is 12.5. The van der Waals surface area contributed by atoms with E-state index < -0.39 is 23.6 Å². The van der Waals surface area contributed by atoms with Crippen LogP contribution in [0.15, 0.2) is 54.6 Å². The van der Waals surface area contributed by atoms with Gasteiger partial charge in [-0.15, -0.1) is 0 Å². The summed E-state index contributed by atoms with van der Waals surface area (Å²) in [5, 5.41) is 4.96. The zero-order chi connectivity index (χ0) is 26.1. The number of halogens is 4. The third-order valence-corrected chi connectivity index (χ3v) is 5.94. The van der Waals surface area contributed by atoms with Crippen molar-refractivity contribution in [2.45, 2.75) is 44.9 Å². The second-order valence-corrected chi connectivity index (χ2v) is 8.80. The number of hydrogen-bond donors (Lipinski definition) is 2. The van der Waals surface area contributed by atoms with Gasteiger partial charge in [0.15, 0.2) is 5.60 Å². The lowest BCUT2D eigenvalue weighted by molar-refractivity contribution is -0.333. The average Bonchev–Trinajstić information content (AvgIpc) is 2.76. The Labute approximate surface area is 205 Å². The van der Waals surface area contributed by atoms with Gasteiger partial charge in [0.1, 0.15) is 17.3 Å². The van der Waals surface area contributed by atoms with E-state index in [1.807, 2.05) is 13.8 Å². The quantitative estimate of drug-likeness (QED) is 0.347. The monoisotopic (exact) mass is 503 g/mol. The van der Waals surface area contributed by atoms with Gasteiger partial charge in [-0.05, 0) is 48.7 Å². The molecule has 1 saturated heterocycles. The Kier molecular flexibility index (Phi) is 6.90. The summed E-state index contributed by atoms with van der Waals surface area (Å²) in [6.45, 7) is 5.48. The van der Waals surface area contributed by atoms with E-state index in [0.717, 1.165) is 5.56 Å². The van der Waals surface area contributed by atoms with Crippen LogP contribution in [0.25, 0.3) is 0 Å². The van der Waals surface area contributed by atoms with Crippen LogP contribution in [0.2, 0.25) is 0 Å². The number of ether oxygens (including phenoxy) is 2. The first-order chi connectivity index (χ1) is 17.0. The smallest absolute Gasteiger partial charge is 0.421 e. The van der Waals surface area contributed by atoms with Gasteiger partial charge in [0.2, 0.25) is 5.88 Å². The summed E-state index contributed by atoms with van der Waals surface area (Å²) in [5.41, 5.74) is -1.31. The highest BCUT2D eigenvalue weighted by molar-refractivity contribution is 6.00. The maximum absolute atomic E-state index is 14.4. The molecular formula is C26H25F4N3O3. The predicted octanol–water partition coefficient (Wildman–Crippen LogP) is 7.27. The number of aryl methyl sites for hydroxylation is 1. The topological polar surface area (TPSA) is 72.5 Å². The van der Waals surface area contributed by atoms with Gasteiger partial charge in [0.05, 0.1) is 12.3 Å². The molecule has 4 rings (SSSR count). The van der Waals surface area contributed by atoms with E-state index in [0.29, 0.717) is 5.69 Å². The lowest BCUT2D eigenvalue weighted by Crippen LogP contribution is -2.52. The van der Waals surface area contributed by atoms with Crippen molar-refractivity contribution in [2.75, 3.05) is 17.2 Å². The number of para-hydroxylation sites is 1. The van der Waals surface area contributed by atoms with Crippen molar-refractivity contribution >= 4 is 17.4 Å². The SMILES string of the molecule is Cc1ccc(NC(=O)Nc2ccc(C(C)C)cc2F)c(Oc2ccccc2[C@@]2(C(F)(F)F)CCO2)n1. The van der Waals surface area contributed by atoms with Crippen LogP contribution in [0.3, 0.4) is 0 Å². The molecule has 2 heterocycles. The molecule has 0 saturated carbocycles. The molecule has 1 atom stereocenters. The van der Waals surface area contributed by atoms with Gasteiger partial charge in [0.25, 0.3) is 0 Å². The van der Waals surface area contributed by atoms with Crippen LogP contribution in [0.4, 0.5) is 33.7 Å². The lowest BCUT2D eigenvalue weighted by Gasteiger charge is -2.43. The number of nitrogens with one attached hydrogen (secondary N) is 2. The molecule has 2 amide bonds. The Balaban J connectivity index is 1.59. The number of nitrogens with zero attached hydrogens (tertiary/aromatic N) is 1. The Bertz CT molecular complexity index is 1270. The molecule has 1 aromatic heterocycles. The maximum atomic E-state index is 14.4. The van der Waals surface area contributed by atoms with E-state index in [1.165, 1.54) is 42.5 Å². The molecule has 1 fully saturated rings. The molecule has 0 bridgehead atoms. The third-order valence-electron chi connectivity index (χ3n) is 5.94. The van der Waals surface area contributed by atoms with Crippen molar-refractivity contribution in [1.82, 2.24) is 4.98 Å². The molecule has 10 heteroatoms. The molecule has 36 heavy (non-hydrogen) atoms. The summed E-state index contributed by atoms with van der Waals surface area (Å²) in [4.78, 5) is 16.9. The van der Waals surface area contributed by atoms with Gasteiger partial charge in [-0.3, -0.25) is 0 Å². The lowest BCUT2D eigenvalue weighted by atomic mass is 9.85. The number of carbonyl (C=O) groups is 1. The minimum absolute atomic E-state index is 0.0287. The number of aromatic nitrogens is 1. The number of amides is 2. The Hall–Kier alpha value is -3.66. The van der Waals surface area contributed by atoms with Crippen molar-refractivity contribution in [3.05, 3.63) is 77.2 Å². The number of alkyl halides is 3. The highest BCUT2D eigenvalue weighted by atomic mass is 19.4. The first kappa shape index (κ1) is 25.4. The van der Waals surface area contributed by atoms with Gasteiger partial charge < -0.3 is 20.1 Å². The molecular weight excluding hydrogens is 478 g/mol. The van der Waals surface area contributed by atoms with Crippen LogP contribution in [-0.4, -0.2) is 23.8 Å². The van der Waals surface area contributed by atoms with E-state index in [-0.39, 0.29) is 47.5 Å². The Morgan fingerprint density at radius 3 is 2.36 bits per heavy atom. The summed E-state index contributed by atoms with van der Waals surface area (Å²) >= 11 is 0.